The van der Waals surface area contributed by atoms with Crippen LogP contribution in [0.2, 0.25) is 0 Å². The highest BCUT2D eigenvalue weighted by Crippen LogP contribution is 2.15. The Morgan fingerprint density at radius 3 is 2.50 bits per heavy atom. The van der Waals surface area contributed by atoms with Crippen LogP contribution in [0.25, 0.3) is 0 Å². The van der Waals surface area contributed by atoms with Gasteiger partial charge in [0.25, 0.3) is 0 Å². The quantitative estimate of drug-likeness (QED) is 0.674. The first kappa shape index (κ1) is 13.4. The zero-order valence-electron chi connectivity index (χ0n) is 10.5. The Bertz CT molecular complexity index is 256. The number of carbonyl (C=O) groups excluding carboxylic acids is 1. The molecular weight excluding hydrogens is 208 g/mol. The first-order chi connectivity index (χ1) is 7.22. The number of aliphatic hydroxyl groups is 1. The molecule has 0 unspecified atom stereocenters. The molecule has 94 valence electrons. The maximum atomic E-state index is 11.7. The van der Waals surface area contributed by atoms with Gasteiger partial charge in [-0.2, -0.15) is 0 Å². The number of carbonyl (C=O) groups is 1. The van der Waals surface area contributed by atoms with E-state index in [1.54, 1.807) is 20.9 Å². The van der Waals surface area contributed by atoms with Crippen molar-refractivity contribution in [3.8, 4) is 0 Å². The minimum Gasteiger partial charge on any atom is -0.389 e. The van der Waals surface area contributed by atoms with Crippen molar-refractivity contribution in [1.29, 1.82) is 0 Å². The van der Waals surface area contributed by atoms with Crippen molar-refractivity contribution in [2.24, 2.45) is 0 Å². The lowest BCUT2D eigenvalue weighted by molar-refractivity contribution is -0.147. The molecule has 1 saturated heterocycles. The molecular formula is C11H22N2O3. The molecule has 0 aromatic heterocycles. The van der Waals surface area contributed by atoms with E-state index in [0.717, 1.165) is 13.1 Å². The van der Waals surface area contributed by atoms with Gasteiger partial charge in [0.05, 0.1) is 11.2 Å². The second-order valence-corrected chi connectivity index (χ2v) is 5.40. The summed E-state index contributed by atoms with van der Waals surface area (Å²) in [4.78, 5) is 13.2. The fourth-order valence-corrected chi connectivity index (χ4v) is 1.59. The summed E-state index contributed by atoms with van der Waals surface area (Å²) in [5, 5.41) is 12.7. The maximum Gasteiger partial charge on any atom is 0.248 e. The average Bonchev–Trinajstić information content (AvgIpc) is 2.08. The molecule has 0 saturated carbocycles. The van der Waals surface area contributed by atoms with Gasteiger partial charge >= 0.3 is 0 Å². The van der Waals surface area contributed by atoms with Crippen molar-refractivity contribution < 1.29 is 14.6 Å². The van der Waals surface area contributed by atoms with Crippen LogP contribution in [0, 0.1) is 0 Å². The number of rotatable bonds is 5. The first-order valence-corrected chi connectivity index (χ1v) is 5.53. The molecule has 0 aromatic rings. The molecule has 0 bridgehead atoms. The van der Waals surface area contributed by atoms with Gasteiger partial charge in [0.2, 0.25) is 5.91 Å². The molecule has 0 aliphatic carbocycles. The summed E-state index contributed by atoms with van der Waals surface area (Å²) < 4.78 is 5.53. The maximum absolute atomic E-state index is 11.7. The molecule has 16 heavy (non-hydrogen) atoms. The van der Waals surface area contributed by atoms with E-state index in [0.29, 0.717) is 6.54 Å². The van der Waals surface area contributed by atoms with E-state index in [4.69, 9.17) is 4.74 Å². The van der Waals surface area contributed by atoms with Crippen LogP contribution < -0.4 is 5.32 Å². The van der Waals surface area contributed by atoms with Gasteiger partial charge in [0.1, 0.15) is 6.61 Å². The predicted molar refractivity (Wildman–Crippen MR) is 61.2 cm³/mol. The van der Waals surface area contributed by atoms with E-state index in [2.05, 4.69) is 5.32 Å². The van der Waals surface area contributed by atoms with Gasteiger partial charge in [-0.25, -0.2) is 0 Å². The molecule has 1 aliphatic heterocycles. The van der Waals surface area contributed by atoms with E-state index in [1.807, 2.05) is 6.92 Å². The average molecular weight is 230 g/mol. The lowest BCUT2D eigenvalue weighted by Crippen LogP contribution is -2.59. The second kappa shape index (κ2) is 4.69. The fourth-order valence-electron chi connectivity index (χ4n) is 1.59. The van der Waals surface area contributed by atoms with Crippen molar-refractivity contribution in [2.75, 3.05) is 33.3 Å². The molecule has 1 fully saturated rings. The van der Waals surface area contributed by atoms with Crippen molar-refractivity contribution in [3.05, 3.63) is 0 Å². The molecule has 1 heterocycles. The largest absolute Gasteiger partial charge is 0.389 e. The SMILES string of the molecule is CN(CC(C)(C)O)C(=O)COC1(C)CNC1. The highest BCUT2D eigenvalue weighted by atomic mass is 16.5. The summed E-state index contributed by atoms with van der Waals surface area (Å²) >= 11 is 0. The zero-order chi connectivity index (χ0) is 12.4. The molecule has 0 spiro atoms. The van der Waals surface area contributed by atoms with Crippen molar-refractivity contribution in [3.63, 3.8) is 0 Å². The summed E-state index contributed by atoms with van der Waals surface area (Å²) in [5.41, 5.74) is -1.07. The van der Waals surface area contributed by atoms with Crippen LogP contribution in [-0.2, 0) is 9.53 Å². The molecule has 5 nitrogen and oxygen atoms in total. The zero-order valence-corrected chi connectivity index (χ0v) is 10.5. The van der Waals surface area contributed by atoms with E-state index in [9.17, 15) is 9.90 Å². The fraction of sp³-hybridized carbons (Fsp3) is 0.909. The molecule has 1 rings (SSSR count). The van der Waals surface area contributed by atoms with Crippen LogP contribution in [0.5, 0.6) is 0 Å². The van der Waals surface area contributed by atoms with Gasteiger partial charge in [-0.1, -0.05) is 0 Å². The standard InChI is InChI=1S/C11H22N2O3/c1-10(2,15)8-13(4)9(14)5-16-11(3)6-12-7-11/h12,15H,5-8H2,1-4H3. The third-order valence-corrected chi connectivity index (χ3v) is 2.59. The summed E-state index contributed by atoms with van der Waals surface area (Å²) in [7, 11) is 1.67. The Morgan fingerprint density at radius 1 is 1.56 bits per heavy atom. The van der Waals surface area contributed by atoms with Gasteiger partial charge in [-0.15, -0.1) is 0 Å². The normalized spacial score (nSPS) is 19.1. The lowest BCUT2D eigenvalue weighted by atomic mass is 10.0. The van der Waals surface area contributed by atoms with Crippen LogP contribution in [0.1, 0.15) is 20.8 Å². The molecule has 0 aromatic carbocycles. The van der Waals surface area contributed by atoms with Gasteiger partial charge in [-0.05, 0) is 20.8 Å². The Kier molecular flexibility index (Phi) is 3.93. The summed E-state index contributed by atoms with van der Waals surface area (Å²) in [6.45, 7) is 7.29. The van der Waals surface area contributed by atoms with Gasteiger partial charge in [0, 0.05) is 26.7 Å². The van der Waals surface area contributed by atoms with Crippen LogP contribution >= 0.6 is 0 Å². The van der Waals surface area contributed by atoms with Crippen molar-refractivity contribution in [2.45, 2.75) is 32.0 Å². The first-order valence-electron chi connectivity index (χ1n) is 5.53. The molecule has 1 aliphatic rings. The summed E-state index contributed by atoms with van der Waals surface area (Å²) in [5.74, 6) is -0.102. The molecule has 0 radical (unpaired) electrons. The molecule has 2 N–H and O–H groups in total. The van der Waals surface area contributed by atoms with E-state index in [1.165, 1.54) is 4.90 Å². The third kappa shape index (κ3) is 4.08. The molecule has 5 heteroatoms. The number of nitrogens with zero attached hydrogens (tertiary/aromatic N) is 1. The van der Waals surface area contributed by atoms with Crippen molar-refractivity contribution >= 4 is 5.91 Å². The lowest BCUT2D eigenvalue weighted by Gasteiger charge is -2.39. The van der Waals surface area contributed by atoms with Gasteiger partial charge in [0.15, 0.2) is 0 Å². The van der Waals surface area contributed by atoms with Crippen LogP contribution in [-0.4, -0.2) is 60.4 Å². The Hall–Kier alpha value is -0.650. The summed E-state index contributed by atoms with van der Waals surface area (Å²) in [6.07, 6.45) is 0. The minimum atomic E-state index is -0.869. The Morgan fingerprint density at radius 2 is 2.12 bits per heavy atom. The highest BCUT2D eigenvalue weighted by Gasteiger charge is 2.33. The van der Waals surface area contributed by atoms with Crippen LogP contribution in [0.3, 0.4) is 0 Å². The Balaban J connectivity index is 2.29. The van der Waals surface area contributed by atoms with Crippen molar-refractivity contribution in [1.82, 2.24) is 10.2 Å². The van der Waals surface area contributed by atoms with Crippen LogP contribution in [0.15, 0.2) is 0 Å². The predicted octanol–water partition coefficient (Wildman–Crippen LogP) is -0.406. The number of amides is 1. The van der Waals surface area contributed by atoms with E-state index < -0.39 is 5.60 Å². The van der Waals surface area contributed by atoms with E-state index >= 15 is 0 Å². The second-order valence-electron chi connectivity index (χ2n) is 5.40. The number of ether oxygens (including phenoxy) is 1. The Labute approximate surface area is 96.8 Å². The highest BCUT2D eigenvalue weighted by molar-refractivity contribution is 5.77. The number of likely N-dealkylation sites (N-methyl/N-ethyl adjacent to an activating group) is 1. The molecule has 1 amide bonds. The number of hydrogen-bond donors (Lipinski definition) is 2. The smallest absolute Gasteiger partial charge is 0.248 e. The molecule has 0 atom stereocenters. The number of hydrogen-bond acceptors (Lipinski definition) is 4. The number of nitrogens with one attached hydrogen (secondary N) is 1. The topological polar surface area (TPSA) is 61.8 Å². The third-order valence-electron chi connectivity index (χ3n) is 2.59. The monoisotopic (exact) mass is 230 g/mol. The van der Waals surface area contributed by atoms with Crippen LogP contribution in [0.4, 0.5) is 0 Å². The minimum absolute atomic E-state index is 0.0742. The van der Waals surface area contributed by atoms with Gasteiger partial charge < -0.3 is 20.1 Å². The van der Waals surface area contributed by atoms with Gasteiger partial charge in [-0.3, -0.25) is 4.79 Å². The van der Waals surface area contributed by atoms with E-state index in [-0.39, 0.29) is 18.1 Å². The summed E-state index contributed by atoms with van der Waals surface area (Å²) in [6, 6.07) is 0.